The van der Waals surface area contributed by atoms with Crippen molar-refractivity contribution in [3.63, 3.8) is 0 Å². The van der Waals surface area contributed by atoms with Gasteiger partial charge < -0.3 is 4.42 Å². The molecule has 0 N–H and O–H groups in total. The summed E-state index contributed by atoms with van der Waals surface area (Å²) in [6, 6.07) is 9.77. The number of thiophene rings is 1. The van der Waals surface area contributed by atoms with Crippen LogP contribution in [-0.2, 0) is 0 Å². The van der Waals surface area contributed by atoms with Gasteiger partial charge in [-0.3, -0.25) is 0 Å². The van der Waals surface area contributed by atoms with Gasteiger partial charge in [-0.2, -0.15) is 0 Å². The highest BCUT2D eigenvalue weighted by molar-refractivity contribution is 7.13. The number of aryl methyl sites for hydroxylation is 2. The van der Waals surface area contributed by atoms with Gasteiger partial charge in [-0.25, -0.2) is 4.79 Å². The minimum atomic E-state index is -0.258. The highest BCUT2D eigenvalue weighted by Gasteiger charge is 2.13. The largest absolute Gasteiger partial charge is 0.422 e. The van der Waals surface area contributed by atoms with E-state index in [1.165, 1.54) is 0 Å². The second-order valence-corrected chi connectivity index (χ2v) is 5.31. The molecular weight excluding hydrogens is 244 g/mol. The lowest BCUT2D eigenvalue weighted by molar-refractivity contribution is 0.562. The fraction of sp³-hybridized carbons (Fsp3) is 0.133. The van der Waals surface area contributed by atoms with Gasteiger partial charge in [0, 0.05) is 10.3 Å². The molecule has 0 atom stereocenters. The summed E-state index contributed by atoms with van der Waals surface area (Å²) in [6.07, 6.45) is 0. The van der Waals surface area contributed by atoms with Gasteiger partial charge in [0.1, 0.15) is 5.58 Å². The van der Waals surface area contributed by atoms with Crippen molar-refractivity contribution in [2.45, 2.75) is 13.8 Å². The fourth-order valence-corrected chi connectivity index (χ4v) is 2.99. The molecule has 0 amide bonds. The summed E-state index contributed by atoms with van der Waals surface area (Å²) in [7, 11) is 0. The van der Waals surface area contributed by atoms with E-state index in [4.69, 9.17) is 4.42 Å². The second kappa shape index (κ2) is 4.10. The maximum atomic E-state index is 12.1. The molecule has 3 rings (SSSR count). The van der Waals surface area contributed by atoms with E-state index in [-0.39, 0.29) is 5.63 Å². The molecule has 2 aromatic heterocycles. The molecule has 0 radical (unpaired) electrons. The summed E-state index contributed by atoms with van der Waals surface area (Å²) in [5.74, 6) is 0. The number of rotatable bonds is 1. The molecule has 3 aromatic rings. The van der Waals surface area contributed by atoms with E-state index < -0.39 is 0 Å². The molecule has 0 saturated heterocycles. The van der Waals surface area contributed by atoms with E-state index in [1.54, 1.807) is 11.3 Å². The van der Waals surface area contributed by atoms with Crippen molar-refractivity contribution in [2.24, 2.45) is 0 Å². The van der Waals surface area contributed by atoms with Crippen molar-refractivity contribution in [1.82, 2.24) is 0 Å². The molecule has 1 aromatic carbocycles. The topological polar surface area (TPSA) is 30.2 Å². The summed E-state index contributed by atoms with van der Waals surface area (Å²) in [5, 5.41) is 2.98. The highest BCUT2D eigenvalue weighted by Crippen LogP contribution is 2.29. The highest BCUT2D eigenvalue weighted by atomic mass is 32.1. The van der Waals surface area contributed by atoms with Crippen molar-refractivity contribution in [3.05, 3.63) is 57.3 Å². The van der Waals surface area contributed by atoms with Crippen LogP contribution in [0.3, 0.4) is 0 Å². The fourth-order valence-electron chi connectivity index (χ4n) is 2.17. The van der Waals surface area contributed by atoms with Crippen LogP contribution >= 0.6 is 11.3 Å². The van der Waals surface area contributed by atoms with Crippen molar-refractivity contribution < 1.29 is 4.42 Å². The first-order valence-electron chi connectivity index (χ1n) is 5.75. The first kappa shape index (κ1) is 11.2. The van der Waals surface area contributed by atoms with Gasteiger partial charge in [-0.15, -0.1) is 11.3 Å². The molecule has 18 heavy (non-hydrogen) atoms. The number of fused-ring (bicyclic) bond motifs is 1. The standard InChI is InChI=1S/C15H12O2S/c1-9-5-6-12-11(8-9)10(2)14(15(16)17-12)13-4-3-7-18-13/h3-8H,1-2H3. The molecule has 0 bridgehead atoms. The lowest BCUT2D eigenvalue weighted by Gasteiger charge is -2.06. The van der Waals surface area contributed by atoms with E-state index in [0.29, 0.717) is 11.1 Å². The Kier molecular flexibility index (Phi) is 2.56. The molecule has 0 aliphatic heterocycles. The average Bonchev–Trinajstić information content (AvgIpc) is 2.84. The lowest BCUT2D eigenvalue weighted by Crippen LogP contribution is -2.05. The molecule has 90 valence electrons. The van der Waals surface area contributed by atoms with Crippen LogP contribution in [0.5, 0.6) is 0 Å². The summed E-state index contributed by atoms with van der Waals surface area (Å²) in [4.78, 5) is 13.0. The first-order chi connectivity index (χ1) is 8.66. The minimum Gasteiger partial charge on any atom is -0.422 e. The quantitative estimate of drug-likeness (QED) is 0.612. The zero-order chi connectivity index (χ0) is 12.7. The zero-order valence-corrected chi connectivity index (χ0v) is 11.0. The Hall–Kier alpha value is -1.87. The van der Waals surface area contributed by atoms with Crippen molar-refractivity contribution in [1.29, 1.82) is 0 Å². The van der Waals surface area contributed by atoms with Gasteiger partial charge in [-0.05, 0) is 43.0 Å². The third-order valence-corrected chi connectivity index (χ3v) is 3.98. The molecule has 0 saturated carbocycles. The van der Waals surface area contributed by atoms with Gasteiger partial charge in [-0.1, -0.05) is 17.7 Å². The van der Waals surface area contributed by atoms with Crippen LogP contribution in [0.15, 0.2) is 44.9 Å². The Labute approximate surface area is 109 Å². The van der Waals surface area contributed by atoms with E-state index >= 15 is 0 Å². The van der Waals surface area contributed by atoms with Crippen LogP contribution < -0.4 is 5.63 Å². The number of benzene rings is 1. The average molecular weight is 256 g/mol. The molecular formula is C15H12O2S. The number of hydrogen-bond donors (Lipinski definition) is 0. The Balaban J connectivity index is 2.43. The van der Waals surface area contributed by atoms with Crippen LogP contribution in [-0.4, -0.2) is 0 Å². The summed E-state index contributed by atoms with van der Waals surface area (Å²) in [5.41, 5.74) is 3.24. The summed E-state index contributed by atoms with van der Waals surface area (Å²) in [6.45, 7) is 4.02. The molecule has 0 aliphatic carbocycles. The van der Waals surface area contributed by atoms with Crippen LogP contribution in [0, 0.1) is 13.8 Å². The molecule has 2 nitrogen and oxygen atoms in total. The van der Waals surface area contributed by atoms with E-state index in [1.807, 2.05) is 43.5 Å². The smallest absolute Gasteiger partial charge is 0.345 e. The van der Waals surface area contributed by atoms with Crippen molar-refractivity contribution in [3.8, 4) is 10.4 Å². The van der Waals surface area contributed by atoms with Crippen LogP contribution in [0.2, 0.25) is 0 Å². The Morgan fingerprint density at radius 2 is 2.00 bits per heavy atom. The monoisotopic (exact) mass is 256 g/mol. The summed E-state index contributed by atoms with van der Waals surface area (Å²) >= 11 is 1.56. The van der Waals surface area contributed by atoms with Crippen molar-refractivity contribution >= 4 is 22.3 Å². The molecule has 2 heterocycles. The van der Waals surface area contributed by atoms with E-state index in [0.717, 1.165) is 21.4 Å². The maximum Gasteiger partial charge on any atom is 0.345 e. The molecule has 0 unspecified atom stereocenters. The van der Waals surface area contributed by atoms with Crippen molar-refractivity contribution in [2.75, 3.05) is 0 Å². The van der Waals surface area contributed by atoms with E-state index in [2.05, 4.69) is 6.07 Å². The third kappa shape index (κ3) is 1.68. The zero-order valence-electron chi connectivity index (χ0n) is 10.2. The molecule has 0 spiro atoms. The normalized spacial score (nSPS) is 11.0. The Morgan fingerprint density at radius 3 is 2.72 bits per heavy atom. The molecule has 3 heteroatoms. The Bertz CT molecular complexity index is 767. The SMILES string of the molecule is Cc1ccc2oc(=O)c(-c3cccs3)c(C)c2c1. The van der Waals surface area contributed by atoms with Crippen LogP contribution in [0.25, 0.3) is 21.4 Å². The number of hydrogen-bond acceptors (Lipinski definition) is 3. The summed E-state index contributed by atoms with van der Waals surface area (Å²) < 4.78 is 5.40. The third-order valence-electron chi connectivity index (χ3n) is 3.09. The van der Waals surface area contributed by atoms with Gasteiger partial charge in [0.15, 0.2) is 0 Å². The van der Waals surface area contributed by atoms with Gasteiger partial charge in [0.25, 0.3) is 0 Å². The predicted octanol–water partition coefficient (Wildman–Crippen LogP) is 4.14. The van der Waals surface area contributed by atoms with Gasteiger partial charge >= 0.3 is 5.63 Å². The Morgan fingerprint density at radius 1 is 1.17 bits per heavy atom. The maximum absolute atomic E-state index is 12.1. The van der Waals surface area contributed by atoms with Gasteiger partial charge in [0.05, 0.1) is 5.56 Å². The van der Waals surface area contributed by atoms with Crippen LogP contribution in [0.4, 0.5) is 0 Å². The molecule has 0 fully saturated rings. The first-order valence-corrected chi connectivity index (χ1v) is 6.63. The minimum absolute atomic E-state index is 0.258. The second-order valence-electron chi connectivity index (χ2n) is 4.37. The van der Waals surface area contributed by atoms with Gasteiger partial charge in [0.2, 0.25) is 0 Å². The molecule has 0 aliphatic rings. The lowest BCUT2D eigenvalue weighted by atomic mass is 10.0. The predicted molar refractivity (Wildman–Crippen MR) is 75.3 cm³/mol. The van der Waals surface area contributed by atoms with Crippen LogP contribution in [0.1, 0.15) is 11.1 Å². The van der Waals surface area contributed by atoms with E-state index in [9.17, 15) is 4.79 Å².